The lowest BCUT2D eigenvalue weighted by atomic mass is 9.64. The number of aromatic hydroxyl groups is 1. The molecule has 1 saturated heterocycles. The van der Waals surface area contributed by atoms with Crippen LogP contribution >= 0.6 is 0 Å². The number of fused-ring (bicyclic) bond motifs is 5. The van der Waals surface area contributed by atoms with Gasteiger partial charge in [-0.25, -0.2) is 0 Å². The zero-order valence-electron chi connectivity index (χ0n) is 15.4. The van der Waals surface area contributed by atoms with Gasteiger partial charge in [-0.2, -0.15) is 0 Å². The Labute approximate surface area is 145 Å². The lowest BCUT2D eigenvalue weighted by Crippen LogP contribution is -2.49. The van der Waals surface area contributed by atoms with Gasteiger partial charge >= 0.3 is 0 Å². The molecule has 24 heavy (non-hydrogen) atoms. The highest BCUT2D eigenvalue weighted by Gasteiger charge is 2.65. The molecule has 132 valence electrons. The van der Waals surface area contributed by atoms with E-state index in [-0.39, 0.29) is 23.2 Å². The number of rotatable bonds is 4. The molecule has 0 spiro atoms. The number of phenols is 1. The maximum absolute atomic E-state index is 10.8. The van der Waals surface area contributed by atoms with Crippen molar-refractivity contribution in [2.75, 3.05) is 0 Å². The van der Waals surface area contributed by atoms with Gasteiger partial charge in [-0.15, -0.1) is 0 Å². The summed E-state index contributed by atoms with van der Waals surface area (Å²) >= 11 is 0. The van der Waals surface area contributed by atoms with E-state index >= 15 is 0 Å². The van der Waals surface area contributed by atoms with E-state index < -0.39 is 0 Å². The average molecular weight is 330 g/mol. The van der Waals surface area contributed by atoms with Crippen LogP contribution in [0.1, 0.15) is 76.8 Å². The predicted octanol–water partition coefficient (Wildman–Crippen LogP) is 4.95. The third kappa shape index (κ3) is 2.44. The average Bonchev–Trinajstić information content (AvgIpc) is 3.18. The molecule has 0 bridgehead atoms. The van der Waals surface area contributed by atoms with Gasteiger partial charge in [-0.3, -0.25) is 0 Å². The number of hydrogen-bond donors (Lipinski definition) is 1. The maximum atomic E-state index is 10.8. The van der Waals surface area contributed by atoms with Crippen molar-refractivity contribution < 1.29 is 14.6 Å². The molecule has 1 aromatic carbocycles. The minimum absolute atomic E-state index is 0.0120. The third-order valence-electron chi connectivity index (χ3n) is 6.50. The van der Waals surface area contributed by atoms with Crippen molar-refractivity contribution in [2.24, 2.45) is 5.92 Å². The molecule has 3 aliphatic rings. The highest BCUT2D eigenvalue weighted by Crippen LogP contribution is 2.63. The van der Waals surface area contributed by atoms with Crippen LogP contribution in [-0.2, 0) is 11.2 Å². The Morgan fingerprint density at radius 2 is 2.00 bits per heavy atom. The Morgan fingerprint density at radius 1 is 1.21 bits per heavy atom. The Bertz CT molecular complexity index is 651. The molecule has 0 amide bonds. The summed E-state index contributed by atoms with van der Waals surface area (Å²) in [5, 5.41) is 10.8. The first-order valence-corrected chi connectivity index (χ1v) is 9.58. The number of benzene rings is 1. The van der Waals surface area contributed by atoms with E-state index in [1.807, 2.05) is 6.07 Å². The molecule has 1 aromatic rings. The largest absolute Gasteiger partial charge is 0.508 e. The number of unbranched alkanes of at least 4 members (excludes halogenated alkanes) is 2. The summed E-state index contributed by atoms with van der Waals surface area (Å²) in [4.78, 5) is 0. The second-order valence-electron chi connectivity index (χ2n) is 8.71. The third-order valence-corrected chi connectivity index (χ3v) is 6.50. The van der Waals surface area contributed by atoms with Gasteiger partial charge in [0.15, 0.2) is 0 Å². The van der Waals surface area contributed by atoms with E-state index in [2.05, 4.69) is 33.8 Å². The molecule has 0 aromatic heterocycles. The molecule has 0 unspecified atom stereocenters. The van der Waals surface area contributed by atoms with Crippen LogP contribution in [0.5, 0.6) is 11.5 Å². The van der Waals surface area contributed by atoms with Gasteiger partial charge in [0.1, 0.15) is 17.1 Å². The van der Waals surface area contributed by atoms with E-state index in [0.717, 1.165) is 37.0 Å². The summed E-state index contributed by atoms with van der Waals surface area (Å²) in [5.41, 5.74) is 1.98. The van der Waals surface area contributed by atoms with Gasteiger partial charge in [0, 0.05) is 17.4 Å². The number of phenolic OH excluding ortho intramolecular Hbond substituents is 1. The fourth-order valence-electron chi connectivity index (χ4n) is 5.04. The van der Waals surface area contributed by atoms with Crippen LogP contribution in [0.3, 0.4) is 0 Å². The van der Waals surface area contributed by atoms with Crippen molar-refractivity contribution in [3.63, 3.8) is 0 Å². The van der Waals surface area contributed by atoms with Gasteiger partial charge in [0.05, 0.1) is 11.7 Å². The highest BCUT2D eigenvalue weighted by atomic mass is 16.6. The predicted molar refractivity (Wildman–Crippen MR) is 94.8 cm³/mol. The molecule has 3 heteroatoms. The summed E-state index contributed by atoms with van der Waals surface area (Å²) in [6, 6.07) is 4.12. The second kappa shape index (κ2) is 5.39. The van der Waals surface area contributed by atoms with Crippen molar-refractivity contribution in [1.29, 1.82) is 0 Å². The van der Waals surface area contributed by atoms with Gasteiger partial charge in [-0.1, -0.05) is 19.8 Å². The van der Waals surface area contributed by atoms with E-state index in [0.29, 0.717) is 11.7 Å². The topological polar surface area (TPSA) is 42.0 Å². The molecule has 3 nitrogen and oxygen atoms in total. The molecule has 0 radical (unpaired) electrons. The number of epoxide rings is 1. The van der Waals surface area contributed by atoms with E-state index in [1.165, 1.54) is 18.4 Å². The van der Waals surface area contributed by atoms with Gasteiger partial charge in [-0.05, 0) is 64.2 Å². The quantitative estimate of drug-likeness (QED) is 0.627. The van der Waals surface area contributed by atoms with Crippen molar-refractivity contribution in [1.82, 2.24) is 0 Å². The first kappa shape index (κ1) is 16.3. The van der Waals surface area contributed by atoms with Crippen LogP contribution < -0.4 is 4.74 Å². The van der Waals surface area contributed by atoms with Crippen LogP contribution in [-0.4, -0.2) is 22.4 Å². The maximum Gasteiger partial charge on any atom is 0.127 e. The zero-order chi connectivity index (χ0) is 17.1. The normalized spacial score (nSPS) is 35.4. The summed E-state index contributed by atoms with van der Waals surface area (Å²) in [5.74, 6) is 1.95. The Morgan fingerprint density at radius 3 is 2.75 bits per heavy atom. The number of ether oxygens (including phenoxy) is 2. The lowest BCUT2D eigenvalue weighted by Gasteiger charge is -2.47. The molecule has 2 heterocycles. The van der Waals surface area contributed by atoms with Crippen LogP contribution in [0.4, 0.5) is 0 Å². The highest BCUT2D eigenvalue weighted by molar-refractivity contribution is 5.53. The Hall–Kier alpha value is -1.22. The van der Waals surface area contributed by atoms with Crippen molar-refractivity contribution in [3.8, 4) is 11.5 Å². The van der Waals surface area contributed by atoms with Crippen molar-refractivity contribution in [3.05, 3.63) is 23.3 Å². The van der Waals surface area contributed by atoms with Crippen LogP contribution in [0.15, 0.2) is 12.1 Å². The second-order valence-corrected chi connectivity index (χ2v) is 8.71. The number of hydrogen-bond acceptors (Lipinski definition) is 3. The van der Waals surface area contributed by atoms with Gasteiger partial charge in [0.2, 0.25) is 0 Å². The molecule has 1 saturated carbocycles. The van der Waals surface area contributed by atoms with Crippen LogP contribution in [0, 0.1) is 5.92 Å². The minimum atomic E-state index is -0.209. The lowest BCUT2D eigenvalue weighted by molar-refractivity contribution is -0.00595. The number of aryl methyl sites for hydroxylation is 1. The first-order chi connectivity index (χ1) is 11.4. The van der Waals surface area contributed by atoms with E-state index in [4.69, 9.17) is 9.47 Å². The molecule has 4 atom stereocenters. The van der Waals surface area contributed by atoms with Gasteiger partial charge < -0.3 is 14.6 Å². The fraction of sp³-hybridized carbons (Fsp3) is 0.714. The zero-order valence-corrected chi connectivity index (χ0v) is 15.4. The molecule has 2 aliphatic heterocycles. The summed E-state index contributed by atoms with van der Waals surface area (Å²) < 4.78 is 12.5. The van der Waals surface area contributed by atoms with Gasteiger partial charge in [0.25, 0.3) is 0 Å². The molecule has 4 rings (SSSR count). The molecular weight excluding hydrogens is 300 g/mol. The molecule has 1 N–H and O–H groups in total. The smallest absolute Gasteiger partial charge is 0.127 e. The Balaban J connectivity index is 1.71. The summed E-state index contributed by atoms with van der Waals surface area (Å²) in [6.07, 6.45) is 7.02. The standard InChI is InChI=1S/C21H30O3/c1-5-6-7-8-13-11-15(22)18-16(12-13)23-20(2,3)14-9-10-21(4)19(24-21)17(14)18/h11-12,14,17,19,22H,5-10H2,1-4H3/t14-,17-,19+,21-/m1/s1. The fourth-order valence-corrected chi connectivity index (χ4v) is 5.04. The molecule has 1 aliphatic carbocycles. The Kier molecular flexibility index (Phi) is 3.65. The SMILES string of the molecule is CCCCCc1cc(O)c2c(c1)OC(C)(C)[C@@H]1CC[C@@]3(C)O[C@H]3[C@@H]21. The van der Waals surface area contributed by atoms with Crippen LogP contribution in [0.25, 0.3) is 0 Å². The van der Waals surface area contributed by atoms with Crippen molar-refractivity contribution in [2.45, 2.75) is 89.4 Å². The monoisotopic (exact) mass is 330 g/mol. The summed E-state index contributed by atoms with van der Waals surface area (Å²) in [7, 11) is 0. The van der Waals surface area contributed by atoms with E-state index in [9.17, 15) is 5.11 Å². The summed E-state index contributed by atoms with van der Waals surface area (Å²) in [6.45, 7) is 8.82. The first-order valence-electron chi connectivity index (χ1n) is 9.58. The van der Waals surface area contributed by atoms with Crippen molar-refractivity contribution >= 4 is 0 Å². The minimum Gasteiger partial charge on any atom is -0.508 e. The molecule has 2 fully saturated rings. The van der Waals surface area contributed by atoms with Crippen LogP contribution in [0.2, 0.25) is 0 Å². The van der Waals surface area contributed by atoms with E-state index in [1.54, 1.807) is 0 Å². The molecular formula is C21H30O3.